The van der Waals surface area contributed by atoms with Gasteiger partial charge in [0.15, 0.2) is 0 Å². The first-order valence-electron chi connectivity index (χ1n) is 6.66. The Bertz CT molecular complexity index is 572. The van der Waals surface area contributed by atoms with E-state index in [9.17, 15) is 9.18 Å². The number of rotatable bonds is 5. The first-order chi connectivity index (χ1) is 9.70. The van der Waals surface area contributed by atoms with Gasteiger partial charge in [-0.3, -0.25) is 4.79 Å². The molecule has 2 aromatic rings. The first kappa shape index (κ1) is 14.2. The SMILES string of the molecule is CCCN(Cc1ccccc1)C(=O)c1cccc(F)n1. The maximum atomic E-state index is 13.1. The molecule has 20 heavy (non-hydrogen) atoms. The van der Waals surface area contributed by atoms with Crippen LogP contribution in [0.2, 0.25) is 0 Å². The number of carbonyl (C=O) groups excluding carboxylic acids is 1. The molecule has 0 N–H and O–H groups in total. The lowest BCUT2D eigenvalue weighted by Crippen LogP contribution is -2.32. The minimum absolute atomic E-state index is 0.148. The lowest BCUT2D eigenvalue weighted by atomic mass is 10.2. The molecular formula is C16H17FN2O. The van der Waals surface area contributed by atoms with Gasteiger partial charge >= 0.3 is 0 Å². The molecule has 1 aromatic heterocycles. The predicted molar refractivity (Wildman–Crippen MR) is 75.7 cm³/mol. The van der Waals surface area contributed by atoms with E-state index < -0.39 is 5.95 Å². The van der Waals surface area contributed by atoms with Crippen LogP contribution in [0.3, 0.4) is 0 Å². The summed E-state index contributed by atoms with van der Waals surface area (Å²) in [6, 6.07) is 14.0. The molecule has 1 amide bonds. The number of pyridine rings is 1. The van der Waals surface area contributed by atoms with E-state index in [0.717, 1.165) is 12.0 Å². The Balaban J connectivity index is 2.18. The molecule has 0 saturated carbocycles. The van der Waals surface area contributed by atoms with Crippen LogP contribution in [0.15, 0.2) is 48.5 Å². The van der Waals surface area contributed by atoms with Crippen molar-refractivity contribution in [1.82, 2.24) is 9.88 Å². The van der Waals surface area contributed by atoms with E-state index in [-0.39, 0.29) is 11.6 Å². The number of carbonyl (C=O) groups is 1. The van der Waals surface area contributed by atoms with Gasteiger partial charge in [-0.05, 0) is 24.1 Å². The lowest BCUT2D eigenvalue weighted by Gasteiger charge is -2.21. The Labute approximate surface area is 118 Å². The van der Waals surface area contributed by atoms with Crippen molar-refractivity contribution in [3.63, 3.8) is 0 Å². The highest BCUT2D eigenvalue weighted by Gasteiger charge is 2.17. The Kier molecular flexibility index (Phi) is 4.82. The fourth-order valence-corrected chi connectivity index (χ4v) is 2.02. The van der Waals surface area contributed by atoms with Crippen LogP contribution in [0.5, 0.6) is 0 Å². The van der Waals surface area contributed by atoms with Gasteiger partial charge in [-0.25, -0.2) is 4.98 Å². The van der Waals surface area contributed by atoms with Gasteiger partial charge in [0.2, 0.25) is 5.95 Å². The number of halogens is 1. The summed E-state index contributed by atoms with van der Waals surface area (Å²) in [6.45, 7) is 3.13. The van der Waals surface area contributed by atoms with Gasteiger partial charge in [-0.1, -0.05) is 43.3 Å². The number of benzene rings is 1. The van der Waals surface area contributed by atoms with Crippen LogP contribution in [0, 0.1) is 5.95 Å². The van der Waals surface area contributed by atoms with Crippen LogP contribution < -0.4 is 0 Å². The van der Waals surface area contributed by atoms with E-state index in [0.29, 0.717) is 13.1 Å². The summed E-state index contributed by atoms with van der Waals surface area (Å²) in [5.41, 5.74) is 1.19. The number of amides is 1. The highest BCUT2D eigenvalue weighted by atomic mass is 19.1. The second-order valence-electron chi connectivity index (χ2n) is 4.56. The van der Waals surface area contributed by atoms with Crippen LogP contribution in [0.1, 0.15) is 29.4 Å². The third-order valence-corrected chi connectivity index (χ3v) is 2.93. The topological polar surface area (TPSA) is 33.2 Å². The number of nitrogens with zero attached hydrogens (tertiary/aromatic N) is 2. The Morgan fingerprint density at radius 2 is 1.90 bits per heavy atom. The predicted octanol–water partition coefficient (Wildman–Crippen LogP) is 3.27. The van der Waals surface area contributed by atoms with E-state index in [1.54, 1.807) is 11.0 Å². The summed E-state index contributed by atoms with van der Waals surface area (Å²) in [5, 5.41) is 0. The minimum atomic E-state index is -0.632. The highest BCUT2D eigenvalue weighted by molar-refractivity contribution is 5.92. The zero-order valence-corrected chi connectivity index (χ0v) is 11.4. The van der Waals surface area contributed by atoms with Crippen molar-refractivity contribution in [2.75, 3.05) is 6.54 Å². The van der Waals surface area contributed by atoms with Crippen molar-refractivity contribution in [2.24, 2.45) is 0 Å². The Hall–Kier alpha value is -2.23. The van der Waals surface area contributed by atoms with Crippen molar-refractivity contribution >= 4 is 5.91 Å². The van der Waals surface area contributed by atoms with Crippen LogP contribution in [0.25, 0.3) is 0 Å². The average Bonchev–Trinajstić information content (AvgIpc) is 2.47. The quantitative estimate of drug-likeness (QED) is 0.783. The smallest absolute Gasteiger partial charge is 0.272 e. The number of hydrogen-bond donors (Lipinski definition) is 0. The standard InChI is InChI=1S/C16H17FN2O/c1-2-11-19(12-13-7-4-3-5-8-13)16(20)14-9-6-10-15(17)18-14/h3-10H,2,11-12H2,1H3. The maximum Gasteiger partial charge on any atom is 0.272 e. The molecular weight excluding hydrogens is 255 g/mol. The molecule has 0 spiro atoms. The zero-order chi connectivity index (χ0) is 14.4. The molecule has 0 aliphatic rings. The molecule has 3 nitrogen and oxygen atoms in total. The van der Waals surface area contributed by atoms with Crippen LogP contribution in [-0.4, -0.2) is 22.3 Å². The molecule has 0 bridgehead atoms. The van der Waals surface area contributed by atoms with Crippen LogP contribution in [-0.2, 0) is 6.54 Å². The molecule has 2 rings (SSSR count). The van der Waals surface area contributed by atoms with Gasteiger partial charge in [0.05, 0.1) is 0 Å². The van der Waals surface area contributed by atoms with Crippen LogP contribution in [0.4, 0.5) is 4.39 Å². The average molecular weight is 272 g/mol. The molecule has 0 aliphatic carbocycles. The van der Waals surface area contributed by atoms with E-state index >= 15 is 0 Å². The fraction of sp³-hybridized carbons (Fsp3) is 0.250. The van der Waals surface area contributed by atoms with E-state index in [1.165, 1.54) is 12.1 Å². The molecule has 1 aromatic carbocycles. The molecule has 0 radical (unpaired) electrons. The van der Waals surface area contributed by atoms with Crippen molar-refractivity contribution in [3.05, 3.63) is 65.7 Å². The monoisotopic (exact) mass is 272 g/mol. The summed E-state index contributed by atoms with van der Waals surface area (Å²) < 4.78 is 13.1. The Morgan fingerprint density at radius 1 is 1.15 bits per heavy atom. The van der Waals surface area contributed by atoms with Crippen molar-refractivity contribution in [1.29, 1.82) is 0 Å². The highest BCUT2D eigenvalue weighted by Crippen LogP contribution is 2.10. The molecule has 0 unspecified atom stereocenters. The summed E-state index contributed by atoms with van der Waals surface area (Å²) >= 11 is 0. The molecule has 1 heterocycles. The second kappa shape index (κ2) is 6.80. The fourth-order valence-electron chi connectivity index (χ4n) is 2.02. The van der Waals surface area contributed by atoms with E-state index in [4.69, 9.17) is 0 Å². The van der Waals surface area contributed by atoms with Gasteiger partial charge < -0.3 is 4.90 Å². The molecule has 0 atom stereocenters. The molecule has 0 fully saturated rings. The van der Waals surface area contributed by atoms with E-state index in [2.05, 4.69) is 4.98 Å². The summed E-state index contributed by atoms with van der Waals surface area (Å²) in [7, 11) is 0. The van der Waals surface area contributed by atoms with Crippen LogP contribution >= 0.6 is 0 Å². The van der Waals surface area contributed by atoms with Crippen molar-refractivity contribution in [2.45, 2.75) is 19.9 Å². The molecule has 0 saturated heterocycles. The summed E-state index contributed by atoms with van der Waals surface area (Å²) in [6.07, 6.45) is 0.841. The molecule has 0 aliphatic heterocycles. The Morgan fingerprint density at radius 3 is 2.55 bits per heavy atom. The third kappa shape index (κ3) is 3.63. The largest absolute Gasteiger partial charge is 0.333 e. The van der Waals surface area contributed by atoms with Gasteiger partial charge in [0.25, 0.3) is 5.91 Å². The maximum absolute atomic E-state index is 13.1. The zero-order valence-electron chi connectivity index (χ0n) is 11.4. The van der Waals surface area contributed by atoms with Crippen molar-refractivity contribution < 1.29 is 9.18 Å². The van der Waals surface area contributed by atoms with Gasteiger partial charge in [0.1, 0.15) is 5.69 Å². The summed E-state index contributed by atoms with van der Waals surface area (Å²) in [4.78, 5) is 17.7. The first-order valence-corrected chi connectivity index (χ1v) is 6.66. The second-order valence-corrected chi connectivity index (χ2v) is 4.56. The third-order valence-electron chi connectivity index (χ3n) is 2.93. The minimum Gasteiger partial charge on any atom is -0.333 e. The lowest BCUT2D eigenvalue weighted by molar-refractivity contribution is 0.0736. The number of hydrogen-bond acceptors (Lipinski definition) is 2. The van der Waals surface area contributed by atoms with Crippen molar-refractivity contribution in [3.8, 4) is 0 Å². The van der Waals surface area contributed by atoms with E-state index in [1.807, 2.05) is 37.3 Å². The molecule has 4 heteroatoms. The normalized spacial score (nSPS) is 10.3. The van der Waals surface area contributed by atoms with Gasteiger partial charge in [-0.15, -0.1) is 0 Å². The van der Waals surface area contributed by atoms with Gasteiger partial charge in [0, 0.05) is 13.1 Å². The van der Waals surface area contributed by atoms with Gasteiger partial charge in [-0.2, -0.15) is 4.39 Å². The number of aromatic nitrogens is 1. The summed E-state index contributed by atoms with van der Waals surface area (Å²) in [5.74, 6) is -0.873. The molecule has 104 valence electrons.